The van der Waals surface area contributed by atoms with Gasteiger partial charge in [0.25, 0.3) is 5.56 Å². The Labute approximate surface area is 120 Å². The van der Waals surface area contributed by atoms with Crippen molar-refractivity contribution in [3.8, 4) is 0 Å². The Morgan fingerprint density at radius 3 is 2.80 bits per heavy atom. The number of hydrogen-bond acceptors (Lipinski definition) is 5. The number of aromatic amines is 1. The van der Waals surface area contributed by atoms with Crippen LogP contribution >= 0.6 is 11.3 Å². The fourth-order valence-corrected chi connectivity index (χ4v) is 2.99. The summed E-state index contributed by atoms with van der Waals surface area (Å²) in [6, 6.07) is -0.340. The molecule has 0 aliphatic rings. The van der Waals surface area contributed by atoms with E-state index in [4.69, 9.17) is 0 Å². The first-order chi connectivity index (χ1) is 9.43. The van der Waals surface area contributed by atoms with E-state index in [2.05, 4.69) is 20.6 Å². The smallest absolute Gasteiger partial charge is 0.259 e. The van der Waals surface area contributed by atoms with Crippen LogP contribution in [0.5, 0.6) is 0 Å². The molecule has 0 saturated carbocycles. The second kappa shape index (κ2) is 5.72. The molecular formula is C13H18N4O2S. The molecular weight excluding hydrogens is 276 g/mol. The number of aromatic nitrogens is 2. The van der Waals surface area contributed by atoms with Crippen LogP contribution in [0.4, 0.5) is 0 Å². The SMILES string of the molecule is CNC(=O)C(C)NCc1nc2sc(C)c(C)c2c(=O)[nH]1. The molecule has 6 nitrogen and oxygen atoms in total. The van der Waals surface area contributed by atoms with Crippen molar-refractivity contribution in [2.45, 2.75) is 33.4 Å². The topological polar surface area (TPSA) is 86.9 Å². The molecule has 0 saturated heterocycles. The van der Waals surface area contributed by atoms with Crippen molar-refractivity contribution in [3.63, 3.8) is 0 Å². The second-order valence-corrected chi connectivity index (χ2v) is 5.90. The van der Waals surface area contributed by atoms with Crippen LogP contribution in [0.3, 0.4) is 0 Å². The van der Waals surface area contributed by atoms with E-state index >= 15 is 0 Å². The molecule has 0 aromatic carbocycles. The van der Waals surface area contributed by atoms with Crippen LogP contribution in [0.2, 0.25) is 0 Å². The van der Waals surface area contributed by atoms with Crippen LogP contribution in [-0.2, 0) is 11.3 Å². The Morgan fingerprint density at radius 2 is 2.15 bits per heavy atom. The zero-order valence-corrected chi connectivity index (χ0v) is 12.8. The van der Waals surface area contributed by atoms with Gasteiger partial charge in [0.1, 0.15) is 10.7 Å². The van der Waals surface area contributed by atoms with E-state index in [1.165, 1.54) is 11.3 Å². The first-order valence-corrected chi connectivity index (χ1v) is 7.19. The lowest BCUT2D eigenvalue weighted by atomic mass is 10.2. The highest BCUT2D eigenvalue weighted by Gasteiger charge is 2.13. The van der Waals surface area contributed by atoms with E-state index in [0.717, 1.165) is 15.3 Å². The first kappa shape index (κ1) is 14.7. The predicted molar refractivity (Wildman–Crippen MR) is 80.1 cm³/mol. The molecule has 2 rings (SSSR count). The van der Waals surface area contributed by atoms with Gasteiger partial charge in [-0.1, -0.05) is 0 Å². The Hall–Kier alpha value is -1.73. The molecule has 7 heteroatoms. The molecule has 0 aliphatic carbocycles. The Morgan fingerprint density at radius 1 is 1.45 bits per heavy atom. The molecule has 20 heavy (non-hydrogen) atoms. The third-order valence-corrected chi connectivity index (χ3v) is 4.40. The minimum atomic E-state index is -0.340. The molecule has 0 spiro atoms. The highest BCUT2D eigenvalue weighted by Crippen LogP contribution is 2.25. The minimum absolute atomic E-state index is 0.101. The van der Waals surface area contributed by atoms with Gasteiger partial charge in [-0.3, -0.25) is 14.9 Å². The number of thiophene rings is 1. The van der Waals surface area contributed by atoms with Crippen molar-refractivity contribution in [2.24, 2.45) is 0 Å². The number of likely N-dealkylation sites (N-methyl/N-ethyl adjacent to an activating group) is 1. The average Bonchev–Trinajstić information content (AvgIpc) is 2.70. The third-order valence-electron chi connectivity index (χ3n) is 3.30. The molecule has 0 aliphatic heterocycles. The van der Waals surface area contributed by atoms with E-state index in [9.17, 15) is 9.59 Å². The standard InChI is InChI=1S/C13H18N4O2S/c1-6-8(3)20-13-10(6)12(19)16-9(17-13)5-15-7(2)11(18)14-4/h7,15H,5H2,1-4H3,(H,14,18)(H,16,17,19). The fraction of sp³-hybridized carbons (Fsp3) is 0.462. The number of nitrogens with one attached hydrogen (secondary N) is 3. The van der Waals surface area contributed by atoms with Crippen molar-refractivity contribution in [2.75, 3.05) is 7.05 Å². The molecule has 0 fully saturated rings. The second-order valence-electron chi connectivity index (χ2n) is 4.69. The van der Waals surface area contributed by atoms with Gasteiger partial charge in [0.15, 0.2) is 0 Å². The average molecular weight is 294 g/mol. The number of carbonyl (C=O) groups excluding carboxylic acids is 1. The van der Waals surface area contributed by atoms with Gasteiger partial charge >= 0.3 is 0 Å². The minimum Gasteiger partial charge on any atom is -0.358 e. The molecule has 0 radical (unpaired) electrons. The Kier molecular flexibility index (Phi) is 4.20. The van der Waals surface area contributed by atoms with Crippen molar-refractivity contribution in [1.29, 1.82) is 0 Å². The van der Waals surface area contributed by atoms with E-state index in [1.54, 1.807) is 14.0 Å². The number of aryl methyl sites for hydroxylation is 2. The molecule has 3 N–H and O–H groups in total. The van der Waals surface area contributed by atoms with Crippen LogP contribution in [-0.4, -0.2) is 29.0 Å². The van der Waals surface area contributed by atoms with Gasteiger partial charge in [-0.2, -0.15) is 0 Å². The van der Waals surface area contributed by atoms with Crippen LogP contribution in [0, 0.1) is 13.8 Å². The summed E-state index contributed by atoms with van der Waals surface area (Å²) in [6.45, 7) is 6.01. The van der Waals surface area contributed by atoms with Gasteiger partial charge in [-0.05, 0) is 26.3 Å². The number of rotatable bonds is 4. The first-order valence-electron chi connectivity index (χ1n) is 6.38. The van der Waals surface area contributed by atoms with E-state index < -0.39 is 0 Å². The summed E-state index contributed by atoms with van der Waals surface area (Å²) in [5.41, 5.74) is 0.859. The summed E-state index contributed by atoms with van der Waals surface area (Å²) in [6.07, 6.45) is 0. The maximum absolute atomic E-state index is 12.1. The van der Waals surface area contributed by atoms with Gasteiger partial charge in [-0.15, -0.1) is 11.3 Å². The number of carbonyl (C=O) groups is 1. The molecule has 2 heterocycles. The zero-order valence-electron chi connectivity index (χ0n) is 12.0. The summed E-state index contributed by atoms with van der Waals surface area (Å²) < 4.78 is 0. The maximum atomic E-state index is 12.1. The highest BCUT2D eigenvalue weighted by molar-refractivity contribution is 7.18. The lowest BCUT2D eigenvalue weighted by molar-refractivity contribution is -0.122. The third kappa shape index (κ3) is 2.73. The van der Waals surface area contributed by atoms with Crippen molar-refractivity contribution in [1.82, 2.24) is 20.6 Å². The summed E-state index contributed by atoms with van der Waals surface area (Å²) in [4.78, 5) is 32.5. The molecule has 2 aromatic heterocycles. The van der Waals surface area contributed by atoms with Gasteiger partial charge in [-0.25, -0.2) is 4.98 Å². The van der Waals surface area contributed by atoms with Crippen LogP contribution in [0.25, 0.3) is 10.2 Å². The molecule has 1 unspecified atom stereocenters. The molecule has 1 atom stereocenters. The van der Waals surface area contributed by atoms with E-state index in [1.807, 2.05) is 13.8 Å². The van der Waals surface area contributed by atoms with Crippen molar-refractivity contribution >= 4 is 27.5 Å². The van der Waals surface area contributed by atoms with Gasteiger partial charge < -0.3 is 10.3 Å². The van der Waals surface area contributed by atoms with Crippen LogP contribution in [0.15, 0.2) is 4.79 Å². The highest BCUT2D eigenvalue weighted by atomic mass is 32.1. The number of amides is 1. The lowest BCUT2D eigenvalue weighted by Gasteiger charge is -2.11. The van der Waals surface area contributed by atoms with Crippen LogP contribution < -0.4 is 16.2 Å². The normalized spacial score (nSPS) is 12.6. The maximum Gasteiger partial charge on any atom is 0.259 e. The van der Waals surface area contributed by atoms with E-state index in [0.29, 0.717) is 17.8 Å². The van der Waals surface area contributed by atoms with Gasteiger partial charge in [0, 0.05) is 11.9 Å². The summed E-state index contributed by atoms with van der Waals surface area (Å²) in [5.74, 6) is 0.441. The monoisotopic (exact) mass is 294 g/mol. The number of fused-ring (bicyclic) bond motifs is 1. The van der Waals surface area contributed by atoms with E-state index in [-0.39, 0.29) is 17.5 Å². The molecule has 1 amide bonds. The molecule has 0 bridgehead atoms. The number of nitrogens with zero attached hydrogens (tertiary/aromatic N) is 1. The van der Waals surface area contributed by atoms with Crippen LogP contribution in [0.1, 0.15) is 23.2 Å². The van der Waals surface area contributed by atoms with Gasteiger partial charge in [0.05, 0.1) is 18.0 Å². The van der Waals surface area contributed by atoms with Crippen molar-refractivity contribution in [3.05, 3.63) is 26.6 Å². The molecule has 108 valence electrons. The summed E-state index contributed by atoms with van der Waals surface area (Å²) in [5, 5.41) is 6.25. The summed E-state index contributed by atoms with van der Waals surface area (Å²) >= 11 is 1.51. The fourth-order valence-electron chi connectivity index (χ4n) is 1.94. The number of hydrogen-bond donors (Lipinski definition) is 3. The Balaban J connectivity index is 2.24. The summed E-state index contributed by atoms with van der Waals surface area (Å²) in [7, 11) is 1.59. The predicted octanol–water partition coefficient (Wildman–Crippen LogP) is 0.826. The zero-order chi connectivity index (χ0) is 14.9. The largest absolute Gasteiger partial charge is 0.358 e. The van der Waals surface area contributed by atoms with Crippen molar-refractivity contribution < 1.29 is 4.79 Å². The lowest BCUT2D eigenvalue weighted by Crippen LogP contribution is -2.40. The quantitative estimate of drug-likeness (QED) is 0.779. The van der Waals surface area contributed by atoms with Gasteiger partial charge in [0.2, 0.25) is 5.91 Å². The number of H-pyrrole nitrogens is 1. The Bertz CT molecular complexity index is 704. The molecule has 2 aromatic rings.